The van der Waals surface area contributed by atoms with Crippen molar-refractivity contribution in [1.29, 1.82) is 0 Å². The number of hydrogen-bond acceptors (Lipinski definition) is 2. The Morgan fingerprint density at radius 3 is 2.60 bits per heavy atom. The fraction of sp³-hybridized carbons (Fsp3) is 1.00. The molecule has 2 unspecified atom stereocenters. The lowest BCUT2D eigenvalue weighted by molar-refractivity contribution is 0.0529. The maximum absolute atomic E-state index is 9.31. The molecule has 1 saturated heterocycles. The highest BCUT2D eigenvalue weighted by atomic mass is 16.3. The third-order valence-corrected chi connectivity index (χ3v) is 2.38. The minimum absolute atomic E-state index is 0.162. The van der Waals surface area contributed by atoms with Gasteiger partial charge in [0.15, 0.2) is 0 Å². The molecular weight excluding hydrogens is 126 g/mol. The average Bonchev–Trinajstić information content (AvgIpc) is 1.88. The molecule has 1 fully saturated rings. The van der Waals surface area contributed by atoms with E-state index in [9.17, 15) is 5.11 Å². The second-order valence-corrected chi connectivity index (χ2v) is 3.28. The molecule has 60 valence electrons. The van der Waals surface area contributed by atoms with Gasteiger partial charge in [0.1, 0.15) is 0 Å². The first-order valence-corrected chi connectivity index (χ1v) is 4.10. The van der Waals surface area contributed by atoms with Crippen molar-refractivity contribution in [3.63, 3.8) is 0 Å². The van der Waals surface area contributed by atoms with E-state index in [-0.39, 0.29) is 6.10 Å². The largest absolute Gasteiger partial charge is 0.392 e. The fourth-order valence-electron chi connectivity index (χ4n) is 1.71. The summed E-state index contributed by atoms with van der Waals surface area (Å²) < 4.78 is 0. The Bertz CT molecular complexity index is 103. The summed E-state index contributed by atoms with van der Waals surface area (Å²) in [5, 5.41) is 9.31. The summed E-state index contributed by atoms with van der Waals surface area (Å²) in [6.45, 7) is 3.03. The molecule has 1 heterocycles. The van der Waals surface area contributed by atoms with Gasteiger partial charge < -0.3 is 10.0 Å². The molecule has 10 heavy (non-hydrogen) atoms. The molecule has 0 aromatic carbocycles. The number of likely N-dealkylation sites (tertiary alicyclic amines) is 1. The maximum atomic E-state index is 9.31. The first-order valence-electron chi connectivity index (χ1n) is 4.10. The van der Waals surface area contributed by atoms with Gasteiger partial charge in [-0.2, -0.15) is 0 Å². The highest BCUT2D eigenvalue weighted by Gasteiger charge is 2.22. The summed E-state index contributed by atoms with van der Waals surface area (Å²) in [7, 11) is 2.09. The molecular formula is C8H17NO. The van der Waals surface area contributed by atoms with Crippen molar-refractivity contribution < 1.29 is 5.11 Å². The molecule has 0 spiro atoms. The SMILES string of the molecule is CC(O)C1CCCCN1C. The summed E-state index contributed by atoms with van der Waals surface area (Å²) in [5.74, 6) is 0. The van der Waals surface area contributed by atoms with Crippen LogP contribution in [0.1, 0.15) is 26.2 Å². The fourth-order valence-corrected chi connectivity index (χ4v) is 1.71. The lowest BCUT2D eigenvalue weighted by Crippen LogP contribution is -2.43. The van der Waals surface area contributed by atoms with Crippen LogP contribution in [-0.2, 0) is 0 Å². The van der Waals surface area contributed by atoms with Crippen LogP contribution >= 0.6 is 0 Å². The topological polar surface area (TPSA) is 23.5 Å². The minimum atomic E-state index is -0.162. The van der Waals surface area contributed by atoms with E-state index in [1.165, 1.54) is 12.8 Å². The molecule has 2 atom stereocenters. The van der Waals surface area contributed by atoms with E-state index in [1.54, 1.807) is 0 Å². The van der Waals surface area contributed by atoms with Gasteiger partial charge in [-0.1, -0.05) is 6.42 Å². The van der Waals surface area contributed by atoms with Crippen LogP contribution in [-0.4, -0.2) is 35.7 Å². The van der Waals surface area contributed by atoms with Gasteiger partial charge in [-0.3, -0.25) is 0 Å². The number of aliphatic hydroxyl groups excluding tert-OH is 1. The van der Waals surface area contributed by atoms with Crippen molar-refractivity contribution in [3.05, 3.63) is 0 Å². The Kier molecular flexibility index (Phi) is 2.69. The van der Waals surface area contributed by atoms with Gasteiger partial charge >= 0.3 is 0 Å². The molecule has 1 rings (SSSR count). The van der Waals surface area contributed by atoms with Crippen LogP contribution < -0.4 is 0 Å². The number of nitrogens with zero attached hydrogens (tertiary/aromatic N) is 1. The Balaban J connectivity index is 2.40. The van der Waals surface area contributed by atoms with Gasteiger partial charge in [-0.25, -0.2) is 0 Å². The molecule has 0 aliphatic carbocycles. The van der Waals surface area contributed by atoms with Crippen LogP contribution in [0.5, 0.6) is 0 Å². The first-order chi connectivity index (χ1) is 4.72. The second-order valence-electron chi connectivity index (χ2n) is 3.28. The van der Waals surface area contributed by atoms with Crippen LogP contribution in [0, 0.1) is 0 Å². The van der Waals surface area contributed by atoms with Gasteiger partial charge in [-0.05, 0) is 33.4 Å². The number of piperidine rings is 1. The molecule has 1 aliphatic heterocycles. The van der Waals surface area contributed by atoms with Crippen LogP contribution in [0.2, 0.25) is 0 Å². The number of rotatable bonds is 1. The first kappa shape index (κ1) is 8.02. The average molecular weight is 143 g/mol. The molecule has 1 N–H and O–H groups in total. The smallest absolute Gasteiger partial charge is 0.0667 e. The van der Waals surface area contributed by atoms with E-state index < -0.39 is 0 Å². The zero-order valence-electron chi connectivity index (χ0n) is 6.88. The summed E-state index contributed by atoms with van der Waals surface area (Å²) in [6, 6.07) is 0.411. The predicted molar refractivity (Wildman–Crippen MR) is 41.9 cm³/mol. The van der Waals surface area contributed by atoms with Crippen molar-refractivity contribution >= 4 is 0 Å². The van der Waals surface area contributed by atoms with Gasteiger partial charge in [-0.15, -0.1) is 0 Å². The molecule has 1 aliphatic rings. The molecule has 0 amide bonds. The maximum Gasteiger partial charge on any atom is 0.0667 e. The van der Waals surface area contributed by atoms with E-state index in [4.69, 9.17) is 0 Å². The molecule has 0 saturated carbocycles. The van der Waals surface area contributed by atoms with Crippen molar-refractivity contribution in [2.75, 3.05) is 13.6 Å². The third kappa shape index (κ3) is 1.70. The summed E-state index contributed by atoms with van der Waals surface area (Å²) >= 11 is 0. The lowest BCUT2D eigenvalue weighted by Gasteiger charge is -2.34. The highest BCUT2D eigenvalue weighted by Crippen LogP contribution is 2.17. The molecule has 0 aromatic heterocycles. The lowest BCUT2D eigenvalue weighted by atomic mass is 9.99. The molecule has 0 aromatic rings. The summed E-state index contributed by atoms with van der Waals surface area (Å²) in [6.07, 6.45) is 3.57. The monoisotopic (exact) mass is 143 g/mol. The predicted octanol–water partition coefficient (Wildman–Crippen LogP) is 0.851. The van der Waals surface area contributed by atoms with E-state index >= 15 is 0 Å². The van der Waals surface area contributed by atoms with E-state index in [2.05, 4.69) is 11.9 Å². The van der Waals surface area contributed by atoms with Crippen molar-refractivity contribution in [1.82, 2.24) is 4.90 Å². The van der Waals surface area contributed by atoms with Gasteiger partial charge in [0, 0.05) is 6.04 Å². The Labute approximate surface area is 62.8 Å². The van der Waals surface area contributed by atoms with E-state index in [0.717, 1.165) is 13.0 Å². The molecule has 0 radical (unpaired) electrons. The molecule has 0 bridgehead atoms. The highest BCUT2D eigenvalue weighted by molar-refractivity contribution is 4.77. The van der Waals surface area contributed by atoms with Crippen molar-refractivity contribution in [3.8, 4) is 0 Å². The zero-order valence-corrected chi connectivity index (χ0v) is 6.88. The van der Waals surface area contributed by atoms with Crippen LogP contribution in [0.15, 0.2) is 0 Å². The number of hydrogen-bond donors (Lipinski definition) is 1. The van der Waals surface area contributed by atoms with Crippen molar-refractivity contribution in [2.24, 2.45) is 0 Å². The Hall–Kier alpha value is -0.0800. The summed E-state index contributed by atoms with van der Waals surface area (Å²) in [5.41, 5.74) is 0. The standard InChI is InChI=1S/C8H17NO/c1-7(10)8-5-3-4-6-9(8)2/h7-8,10H,3-6H2,1-2H3. The minimum Gasteiger partial charge on any atom is -0.392 e. The van der Waals surface area contributed by atoms with E-state index in [0.29, 0.717) is 6.04 Å². The van der Waals surface area contributed by atoms with Crippen LogP contribution in [0.3, 0.4) is 0 Å². The van der Waals surface area contributed by atoms with Crippen LogP contribution in [0.25, 0.3) is 0 Å². The quantitative estimate of drug-likeness (QED) is 0.588. The summed E-state index contributed by atoms with van der Waals surface area (Å²) in [4.78, 5) is 2.26. The number of likely N-dealkylation sites (N-methyl/N-ethyl adjacent to an activating group) is 1. The molecule has 2 heteroatoms. The van der Waals surface area contributed by atoms with Crippen molar-refractivity contribution in [2.45, 2.75) is 38.3 Å². The molecule has 2 nitrogen and oxygen atoms in total. The van der Waals surface area contributed by atoms with E-state index in [1.807, 2.05) is 6.92 Å². The number of aliphatic hydroxyl groups is 1. The van der Waals surface area contributed by atoms with Gasteiger partial charge in [0.25, 0.3) is 0 Å². The Morgan fingerprint density at radius 1 is 1.50 bits per heavy atom. The second kappa shape index (κ2) is 3.35. The van der Waals surface area contributed by atoms with Crippen LogP contribution in [0.4, 0.5) is 0 Å². The third-order valence-electron chi connectivity index (χ3n) is 2.38. The van der Waals surface area contributed by atoms with Gasteiger partial charge in [0.2, 0.25) is 0 Å². The van der Waals surface area contributed by atoms with Gasteiger partial charge in [0.05, 0.1) is 6.10 Å². The normalized spacial score (nSPS) is 32.1. The Morgan fingerprint density at radius 2 is 2.20 bits per heavy atom. The zero-order chi connectivity index (χ0) is 7.56.